The van der Waals surface area contributed by atoms with Crippen molar-refractivity contribution < 1.29 is 18.9 Å². The third-order valence-corrected chi connectivity index (χ3v) is 4.78. The SMILES string of the molecule is O=C(NC1CC(=O)N(C2CC2)C1)c1cc(F)c(Cl)c([N+](=O)[O-])c1Cl. The molecule has 1 aromatic carbocycles. The summed E-state index contributed by atoms with van der Waals surface area (Å²) in [6.45, 7) is 0.366. The van der Waals surface area contributed by atoms with E-state index in [1.54, 1.807) is 4.90 Å². The van der Waals surface area contributed by atoms with Crippen LogP contribution >= 0.6 is 23.2 Å². The summed E-state index contributed by atoms with van der Waals surface area (Å²) in [5.41, 5.74) is -1.24. The minimum Gasteiger partial charge on any atom is -0.347 e. The molecule has 1 N–H and O–H groups in total. The average molecular weight is 376 g/mol. The van der Waals surface area contributed by atoms with E-state index in [-0.39, 0.29) is 23.9 Å². The second-order valence-electron chi connectivity index (χ2n) is 5.79. The molecule has 0 bridgehead atoms. The zero-order valence-corrected chi connectivity index (χ0v) is 13.7. The third kappa shape index (κ3) is 3.03. The summed E-state index contributed by atoms with van der Waals surface area (Å²) in [6.07, 6.45) is 2.04. The molecule has 0 aromatic heterocycles. The molecule has 1 atom stereocenters. The second-order valence-corrected chi connectivity index (χ2v) is 6.55. The Morgan fingerprint density at radius 3 is 2.62 bits per heavy atom. The van der Waals surface area contributed by atoms with Crippen molar-refractivity contribution in [2.45, 2.75) is 31.3 Å². The van der Waals surface area contributed by atoms with Gasteiger partial charge in [-0.2, -0.15) is 0 Å². The highest BCUT2D eigenvalue weighted by molar-refractivity contribution is 6.40. The monoisotopic (exact) mass is 375 g/mol. The standard InChI is InChI=1S/C14H12Cl2FN3O4/c15-11-8(4-9(17)12(16)13(11)20(23)24)14(22)18-6-3-10(21)19(5-6)7-1-2-7/h4,6-7H,1-3,5H2,(H,18,22). The second kappa shape index (κ2) is 6.18. The van der Waals surface area contributed by atoms with Crippen LogP contribution in [-0.2, 0) is 4.79 Å². The van der Waals surface area contributed by atoms with Crippen LogP contribution in [0.4, 0.5) is 10.1 Å². The number of nitro benzene ring substituents is 1. The summed E-state index contributed by atoms with van der Waals surface area (Å²) in [6, 6.07) is 0.541. The van der Waals surface area contributed by atoms with Crippen LogP contribution in [0.3, 0.4) is 0 Å². The van der Waals surface area contributed by atoms with Crippen molar-refractivity contribution in [3.63, 3.8) is 0 Å². The van der Waals surface area contributed by atoms with Crippen molar-refractivity contribution in [1.82, 2.24) is 10.2 Å². The van der Waals surface area contributed by atoms with Crippen LogP contribution in [-0.4, -0.2) is 40.3 Å². The molecule has 1 aromatic rings. The number of amides is 2. The summed E-state index contributed by atoms with van der Waals surface area (Å²) < 4.78 is 13.8. The normalized spacial score (nSPS) is 20.4. The smallest absolute Gasteiger partial charge is 0.310 e. The Morgan fingerprint density at radius 1 is 1.38 bits per heavy atom. The van der Waals surface area contributed by atoms with E-state index in [2.05, 4.69) is 5.32 Å². The number of nitrogens with zero attached hydrogens (tertiary/aromatic N) is 2. The van der Waals surface area contributed by atoms with E-state index in [9.17, 15) is 24.1 Å². The lowest BCUT2D eigenvalue weighted by Crippen LogP contribution is -2.37. The van der Waals surface area contributed by atoms with Gasteiger partial charge >= 0.3 is 5.69 Å². The maximum absolute atomic E-state index is 13.8. The third-order valence-electron chi connectivity index (χ3n) is 4.04. The number of hydrogen-bond donors (Lipinski definition) is 1. The first-order valence-corrected chi connectivity index (χ1v) is 7.97. The fourth-order valence-electron chi connectivity index (χ4n) is 2.75. The van der Waals surface area contributed by atoms with Crippen molar-refractivity contribution in [3.05, 3.63) is 37.6 Å². The first kappa shape index (κ1) is 16.9. The van der Waals surface area contributed by atoms with Gasteiger partial charge in [0.05, 0.1) is 16.5 Å². The van der Waals surface area contributed by atoms with Gasteiger partial charge in [0.2, 0.25) is 5.91 Å². The molecular weight excluding hydrogens is 364 g/mol. The number of likely N-dealkylation sites (tertiary alicyclic amines) is 1. The summed E-state index contributed by atoms with van der Waals surface area (Å²) in [4.78, 5) is 35.9. The van der Waals surface area contributed by atoms with Gasteiger partial charge in [-0.05, 0) is 18.9 Å². The lowest BCUT2D eigenvalue weighted by molar-refractivity contribution is -0.384. The number of hydrogen-bond acceptors (Lipinski definition) is 4. The molecule has 10 heteroatoms. The molecule has 1 aliphatic heterocycles. The molecule has 2 fully saturated rings. The van der Waals surface area contributed by atoms with E-state index < -0.39 is 38.4 Å². The Labute approximate surface area is 145 Å². The fraction of sp³-hybridized carbons (Fsp3) is 0.429. The van der Waals surface area contributed by atoms with Gasteiger partial charge in [-0.15, -0.1) is 0 Å². The number of carbonyl (C=O) groups is 2. The number of carbonyl (C=O) groups excluding carboxylic acids is 2. The fourth-order valence-corrected chi connectivity index (χ4v) is 3.32. The van der Waals surface area contributed by atoms with Gasteiger partial charge in [0, 0.05) is 19.0 Å². The molecule has 3 rings (SSSR count). The topological polar surface area (TPSA) is 92.6 Å². The van der Waals surface area contributed by atoms with Gasteiger partial charge in [-0.1, -0.05) is 23.2 Å². The molecule has 2 aliphatic rings. The van der Waals surface area contributed by atoms with E-state index in [4.69, 9.17) is 23.2 Å². The predicted octanol–water partition coefficient (Wildman–Crippen LogP) is 2.53. The first-order chi connectivity index (χ1) is 11.3. The van der Waals surface area contributed by atoms with Gasteiger partial charge in [0.1, 0.15) is 10.8 Å². The van der Waals surface area contributed by atoms with Gasteiger partial charge in [-0.25, -0.2) is 4.39 Å². The summed E-state index contributed by atoms with van der Waals surface area (Å²) in [5, 5.41) is 12.3. The van der Waals surface area contributed by atoms with E-state index >= 15 is 0 Å². The summed E-state index contributed by atoms with van der Waals surface area (Å²) in [5.74, 6) is -1.95. The number of halogens is 3. The average Bonchev–Trinajstić information content (AvgIpc) is 3.27. The minimum absolute atomic E-state index is 0.0536. The maximum Gasteiger partial charge on any atom is 0.310 e. The number of nitro groups is 1. The van der Waals surface area contributed by atoms with Crippen LogP contribution in [0.2, 0.25) is 10.0 Å². The van der Waals surface area contributed by atoms with Crippen molar-refractivity contribution in [2.24, 2.45) is 0 Å². The number of nitrogens with one attached hydrogen (secondary N) is 1. The zero-order chi connectivity index (χ0) is 17.6. The van der Waals surface area contributed by atoms with Crippen LogP contribution in [0.1, 0.15) is 29.6 Å². The Balaban J connectivity index is 1.80. The molecule has 1 saturated heterocycles. The number of benzene rings is 1. The Morgan fingerprint density at radius 2 is 2.04 bits per heavy atom. The van der Waals surface area contributed by atoms with Gasteiger partial charge < -0.3 is 10.2 Å². The maximum atomic E-state index is 13.8. The molecule has 24 heavy (non-hydrogen) atoms. The molecule has 1 saturated carbocycles. The van der Waals surface area contributed by atoms with Crippen LogP contribution < -0.4 is 5.32 Å². The van der Waals surface area contributed by atoms with E-state index in [0.29, 0.717) is 6.54 Å². The molecule has 1 aliphatic carbocycles. The van der Waals surface area contributed by atoms with Crippen molar-refractivity contribution in [1.29, 1.82) is 0 Å². The van der Waals surface area contributed by atoms with Crippen LogP contribution in [0.25, 0.3) is 0 Å². The Kier molecular flexibility index (Phi) is 4.35. The van der Waals surface area contributed by atoms with Crippen LogP contribution in [0.15, 0.2) is 6.07 Å². The van der Waals surface area contributed by atoms with Crippen molar-refractivity contribution in [3.8, 4) is 0 Å². The molecule has 1 heterocycles. The molecule has 128 valence electrons. The van der Waals surface area contributed by atoms with Crippen molar-refractivity contribution in [2.75, 3.05) is 6.54 Å². The van der Waals surface area contributed by atoms with E-state index in [0.717, 1.165) is 18.9 Å². The lowest BCUT2D eigenvalue weighted by atomic mass is 10.1. The zero-order valence-electron chi connectivity index (χ0n) is 12.2. The highest BCUT2D eigenvalue weighted by atomic mass is 35.5. The molecule has 0 spiro atoms. The highest BCUT2D eigenvalue weighted by Crippen LogP contribution is 2.37. The summed E-state index contributed by atoms with van der Waals surface area (Å²) in [7, 11) is 0. The first-order valence-electron chi connectivity index (χ1n) is 7.21. The van der Waals surface area contributed by atoms with Gasteiger partial charge in [0.15, 0.2) is 5.02 Å². The molecule has 1 unspecified atom stereocenters. The molecule has 2 amide bonds. The Hall–Kier alpha value is -1.93. The highest BCUT2D eigenvalue weighted by Gasteiger charge is 2.40. The van der Waals surface area contributed by atoms with E-state index in [1.165, 1.54) is 0 Å². The van der Waals surface area contributed by atoms with Crippen molar-refractivity contribution >= 4 is 40.7 Å². The van der Waals surface area contributed by atoms with Crippen LogP contribution in [0, 0.1) is 15.9 Å². The van der Waals surface area contributed by atoms with Gasteiger partial charge in [0.25, 0.3) is 5.91 Å². The molecule has 7 nitrogen and oxygen atoms in total. The largest absolute Gasteiger partial charge is 0.347 e. The quantitative estimate of drug-likeness (QED) is 0.497. The minimum atomic E-state index is -1.11. The molecule has 0 radical (unpaired) electrons. The van der Waals surface area contributed by atoms with Crippen LogP contribution in [0.5, 0.6) is 0 Å². The number of rotatable bonds is 4. The van der Waals surface area contributed by atoms with E-state index in [1.807, 2.05) is 0 Å². The van der Waals surface area contributed by atoms with Gasteiger partial charge in [-0.3, -0.25) is 19.7 Å². The lowest BCUT2D eigenvalue weighted by Gasteiger charge is -2.16. The Bertz CT molecular complexity index is 754. The summed E-state index contributed by atoms with van der Waals surface area (Å²) >= 11 is 11.4. The molecular formula is C14H12Cl2FN3O4. The predicted molar refractivity (Wildman–Crippen MR) is 83.7 cm³/mol.